The van der Waals surface area contributed by atoms with Crippen LogP contribution in [0, 0.1) is 0 Å². The van der Waals surface area contributed by atoms with Gasteiger partial charge in [-0.15, -0.1) is 22.7 Å². The summed E-state index contributed by atoms with van der Waals surface area (Å²) in [4.78, 5) is 33.8. The van der Waals surface area contributed by atoms with Gasteiger partial charge in [-0.1, -0.05) is 87.4 Å². The highest BCUT2D eigenvalue weighted by Crippen LogP contribution is 2.28. The fraction of sp³-hybridized carbons (Fsp3) is 0.406. The van der Waals surface area contributed by atoms with Crippen molar-refractivity contribution < 1.29 is 34.4 Å². The van der Waals surface area contributed by atoms with Gasteiger partial charge in [0, 0.05) is 9.40 Å². The fourth-order valence-electron chi connectivity index (χ4n) is 2.75. The van der Waals surface area contributed by atoms with E-state index in [4.69, 9.17) is 20.1 Å². The van der Waals surface area contributed by atoms with Crippen LogP contribution in [-0.4, -0.2) is 39.8 Å². The molecule has 0 saturated heterocycles. The maximum Gasteiger partial charge on any atom is 0.348 e. The monoisotopic (exact) mass is 608 g/mol. The molecule has 0 atom stereocenters. The molecule has 0 bridgehead atoms. The van der Waals surface area contributed by atoms with Gasteiger partial charge in [0.15, 0.2) is 0 Å². The van der Waals surface area contributed by atoms with Crippen LogP contribution in [-0.2, 0) is 11.3 Å². The Morgan fingerprint density at radius 2 is 1.12 bits per heavy atom. The second-order valence-corrected chi connectivity index (χ2v) is 8.50. The molecule has 0 amide bonds. The van der Waals surface area contributed by atoms with E-state index in [2.05, 4.69) is 0 Å². The summed E-state index contributed by atoms with van der Waals surface area (Å²) < 4.78 is 6.56. The molecule has 4 aromatic rings. The standard InChI is InChI=1S/C12H10O4S.C10H8O3S.5C2H6/c1-2-16-12(15)10-5-7-3-4-8(11(13)14)6-9(7)17-10;11-5-6-1-2-7-4-9(10(12)13)14-8(7)3-6;5*1-2/h3-6H,2H2,1H3,(H,13,14);1-4,11H,5H2,(H,12,13);5*1-2H3. The molecule has 4 rings (SSSR count). The molecule has 230 valence electrons. The fourth-order valence-corrected chi connectivity index (χ4v) is 4.71. The van der Waals surface area contributed by atoms with E-state index >= 15 is 0 Å². The third-order valence-electron chi connectivity index (χ3n) is 4.22. The second-order valence-electron chi connectivity index (χ2n) is 6.33. The Morgan fingerprint density at radius 3 is 1.59 bits per heavy atom. The van der Waals surface area contributed by atoms with Crippen molar-refractivity contribution in [3.63, 3.8) is 0 Å². The first-order chi connectivity index (χ1) is 19.8. The number of carboxylic acid groups (broad SMARTS) is 2. The van der Waals surface area contributed by atoms with Crippen molar-refractivity contribution in [2.45, 2.75) is 82.8 Å². The predicted molar refractivity (Wildman–Crippen MR) is 176 cm³/mol. The minimum atomic E-state index is -0.974. The number of aromatic carboxylic acids is 2. The molecule has 0 aliphatic carbocycles. The molecule has 2 heterocycles. The third kappa shape index (κ3) is 14.3. The highest BCUT2D eigenvalue weighted by molar-refractivity contribution is 7.21. The average Bonchev–Trinajstić information content (AvgIpc) is 3.67. The normalized spacial score (nSPS) is 8.68. The van der Waals surface area contributed by atoms with Crippen molar-refractivity contribution in [1.29, 1.82) is 0 Å². The molecule has 2 aromatic carbocycles. The lowest BCUT2D eigenvalue weighted by atomic mass is 10.2. The predicted octanol–water partition coefficient (Wildman–Crippen LogP) is 10.00. The molecule has 7 nitrogen and oxygen atoms in total. The number of aliphatic hydroxyl groups excluding tert-OH is 1. The quantitative estimate of drug-likeness (QED) is 0.193. The summed E-state index contributed by atoms with van der Waals surface area (Å²) in [6.45, 7) is 22.1. The average molecular weight is 609 g/mol. The van der Waals surface area contributed by atoms with Crippen molar-refractivity contribution in [2.75, 3.05) is 6.61 Å². The minimum Gasteiger partial charge on any atom is -0.478 e. The molecule has 9 heteroatoms. The number of thiophene rings is 2. The molecule has 3 N–H and O–H groups in total. The van der Waals surface area contributed by atoms with Crippen LogP contribution in [0.4, 0.5) is 0 Å². The highest BCUT2D eigenvalue weighted by Gasteiger charge is 2.12. The zero-order valence-electron chi connectivity index (χ0n) is 26.3. The van der Waals surface area contributed by atoms with Gasteiger partial charge in [0.1, 0.15) is 9.75 Å². The molecule has 41 heavy (non-hydrogen) atoms. The molecule has 0 aliphatic rings. The van der Waals surface area contributed by atoms with Crippen LogP contribution in [0.3, 0.4) is 0 Å². The van der Waals surface area contributed by atoms with Crippen LogP contribution in [0.2, 0.25) is 0 Å². The summed E-state index contributed by atoms with van der Waals surface area (Å²) in [6.07, 6.45) is 0. The van der Waals surface area contributed by atoms with Gasteiger partial charge in [-0.3, -0.25) is 0 Å². The van der Waals surface area contributed by atoms with Crippen molar-refractivity contribution in [3.8, 4) is 0 Å². The number of carboxylic acids is 2. The number of hydrogen-bond acceptors (Lipinski definition) is 7. The summed E-state index contributed by atoms with van der Waals surface area (Å²) in [5.74, 6) is -2.25. The molecular formula is C32H48O7S2. The molecule has 0 saturated carbocycles. The van der Waals surface area contributed by atoms with E-state index in [1.165, 1.54) is 28.7 Å². The molecule has 0 unspecified atom stereocenters. The maximum absolute atomic E-state index is 11.5. The minimum absolute atomic E-state index is 0.0176. The first-order valence-electron chi connectivity index (χ1n) is 14.1. The van der Waals surface area contributed by atoms with Crippen molar-refractivity contribution in [1.82, 2.24) is 0 Å². The number of esters is 1. The van der Waals surface area contributed by atoms with Crippen molar-refractivity contribution in [3.05, 3.63) is 69.4 Å². The van der Waals surface area contributed by atoms with E-state index in [0.29, 0.717) is 16.4 Å². The maximum atomic E-state index is 11.5. The summed E-state index contributed by atoms with van der Waals surface area (Å²) in [5.41, 5.74) is 1.02. The number of ether oxygens (including phenoxy) is 1. The van der Waals surface area contributed by atoms with E-state index in [-0.39, 0.29) is 18.1 Å². The van der Waals surface area contributed by atoms with Crippen LogP contribution < -0.4 is 0 Å². The van der Waals surface area contributed by atoms with Crippen molar-refractivity contribution >= 4 is 60.8 Å². The topological polar surface area (TPSA) is 121 Å². The zero-order valence-corrected chi connectivity index (χ0v) is 28.0. The van der Waals surface area contributed by atoms with E-state index in [9.17, 15) is 14.4 Å². The van der Waals surface area contributed by atoms with Gasteiger partial charge >= 0.3 is 17.9 Å². The largest absolute Gasteiger partial charge is 0.478 e. The summed E-state index contributed by atoms with van der Waals surface area (Å²) in [7, 11) is 0. The van der Waals surface area contributed by atoms with Gasteiger partial charge in [-0.2, -0.15) is 0 Å². The smallest absolute Gasteiger partial charge is 0.348 e. The van der Waals surface area contributed by atoms with Gasteiger partial charge < -0.3 is 20.1 Å². The Morgan fingerprint density at radius 1 is 0.659 bits per heavy atom. The van der Waals surface area contributed by atoms with Crippen LogP contribution >= 0.6 is 22.7 Å². The summed E-state index contributed by atoms with van der Waals surface area (Å²) in [5, 5.41) is 28.3. The van der Waals surface area contributed by atoms with Crippen LogP contribution in [0.15, 0.2) is 48.5 Å². The first-order valence-corrected chi connectivity index (χ1v) is 15.8. The molecule has 2 aromatic heterocycles. The summed E-state index contributed by atoms with van der Waals surface area (Å²) >= 11 is 2.46. The molecular weight excluding hydrogens is 560 g/mol. The van der Waals surface area contributed by atoms with Gasteiger partial charge in [-0.25, -0.2) is 14.4 Å². The van der Waals surface area contributed by atoms with Gasteiger partial charge in [0.25, 0.3) is 0 Å². The number of carbonyl (C=O) groups is 3. The number of carbonyl (C=O) groups excluding carboxylic acids is 1. The lowest BCUT2D eigenvalue weighted by Gasteiger charge is -1.95. The van der Waals surface area contributed by atoms with E-state index < -0.39 is 11.9 Å². The number of fused-ring (bicyclic) bond motifs is 2. The Labute approximate surface area is 253 Å². The number of rotatable bonds is 5. The van der Waals surface area contributed by atoms with Crippen molar-refractivity contribution in [2.24, 2.45) is 0 Å². The lowest BCUT2D eigenvalue weighted by molar-refractivity contribution is 0.0531. The van der Waals surface area contributed by atoms with Crippen LogP contribution in [0.1, 0.15) is 111 Å². The summed E-state index contributed by atoms with van der Waals surface area (Å²) in [6, 6.07) is 13.6. The number of benzene rings is 2. The van der Waals surface area contributed by atoms with E-state index in [0.717, 1.165) is 25.7 Å². The Balaban J connectivity index is -0.000000545. The molecule has 0 spiro atoms. The number of hydrogen-bond donors (Lipinski definition) is 3. The lowest BCUT2D eigenvalue weighted by Crippen LogP contribution is -2.01. The van der Waals surface area contributed by atoms with Gasteiger partial charge in [0.05, 0.1) is 18.8 Å². The molecule has 0 fully saturated rings. The van der Waals surface area contributed by atoms with Crippen LogP contribution in [0.5, 0.6) is 0 Å². The second kappa shape index (κ2) is 25.7. The molecule has 0 radical (unpaired) electrons. The SMILES string of the molecule is CC.CC.CC.CC.CC.CCOC(=O)c1cc2ccc(C(=O)O)cc2s1.O=C(O)c1cc2ccc(CO)cc2s1. The zero-order chi connectivity index (χ0) is 32.5. The van der Waals surface area contributed by atoms with Gasteiger partial charge in [-0.05, 0) is 53.6 Å². The van der Waals surface area contributed by atoms with Gasteiger partial charge in [0.2, 0.25) is 0 Å². The highest BCUT2D eigenvalue weighted by atomic mass is 32.1. The van der Waals surface area contributed by atoms with Crippen LogP contribution in [0.25, 0.3) is 20.2 Å². The molecule has 0 aliphatic heterocycles. The van der Waals surface area contributed by atoms with E-state index in [1.54, 1.807) is 37.3 Å². The third-order valence-corrected chi connectivity index (χ3v) is 6.39. The Bertz CT molecular complexity index is 1270. The number of aliphatic hydroxyl groups is 1. The Kier molecular flexibility index (Phi) is 26.4. The Hall–Kier alpha value is -3.27. The first kappa shape index (κ1) is 42.2. The van der Waals surface area contributed by atoms with E-state index in [1.807, 2.05) is 81.4 Å².